The zero-order chi connectivity index (χ0) is 16.6. The molecule has 0 amide bonds. The number of esters is 2. The summed E-state index contributed by atoms with van der Waals surface area (Å²) < 4.78 is 28.8. The monoisotopic (exact) mass is 322 g/mol. The van der Waals surface area contributed by atoms with E-state index in [0.717, 1.165) is 6.42 Å². The lowest BCUT2D eigenvalue weighted by molar-refractivity contribution is -0.152. The molecule has 8 heteroatoms. The summed E-state index contributed by atoms with van der Waals surface area (Å²) in [5.74, 6) is -2.21. The smallest absolute Gasteiger partial charge is 0.526 e. The molecule has 0 radical (unpaired) electrons. The van der Waals surface area contributed by atoms with Crippen LogP contribution in [0.25, 0.3) is 0 Å². The van der Waals surface area contributed by atoms with E-state index in [1.54, 1.807) is 6.07 Å². The molecule has 0 aromatic heterocycles. The average molecular weight is 322 g/mol. The van der Waals surface area contributed by atoms with Gasteiger partial charge in [-0.3, -0.25) is 4.79 Å². The predicted octanol–water partition coefficient (Wildman–Crippen LogP) is 2.01. The summed E-state index contributed by atoms with van der Waals surface area (Å²) in [4.78, 5) is 23.3. The van der Waals surface area contributed by atoms with Crippen LogP contribution in [0.15, 0.2) is 12.1 Å². The molecule has 2 unspecified atom stereocenters. The summed E-state index contributed by atoms with van der Waals surface area (Å²) >= 11 is 0. The van der Waals surface area contributed by atoms with Crippen molar-refractivity contribution in [2.24, 2.45) is 0 Å². The molecule has 2 atom stereocenters. The lowest BCUT2D eigenvalue weighted by Crippen LogP contribution is -2.28. The molecule has 0 spiro atoms. The lowest BCUT2D eigenvalue weighted by Gasteiger charge is -2.21. The molecular formula is C15H16BFO6. The van der Waals surface area contributed by atoms with E-state index in [2.05, 4.69) is 0 Å². The van der Waals surface area contributed by atoms with Gasteiger partial charge in [-0.1, -0.05) is 13.0 Å². The zero-order valence-electron chi connectivity index (χ0n) is 12.6. The molecule has 1 aliphatic heterocycles. The average Bonchev–Trinajstić information content (AvgIpc) is 3.28. The molecule has 0 bridgehead atoms. The number of carbonyl (C=O) groups excluding carboxylic acids is 2. The van der Waals surface area contributed by atoms with Crippen molar-refractivity contribution in [3.8, 4) is 5.75 Å². The maximum atomic E-state index is 14.0. The second kappa shape index (κ2) is 6.19. The van der Waals surface area contributed by atoms with Crippen LogP contribution in [0.4, 0.5) is 4.39 Å². The third kappa shape index (κ3) is 3.03. The molecule has 3 rings (SSSR count). The number of hydrogen-bond donors (Lipinski definition) is 1. The number of halogens is 1. The van der Waals surface area contributed by atoms with Crippen molar-refractivity contribution in [3.63, 3.8) is 0 Å². The Kier molecular flexibility index (Phi) is 4.25. The van der Waals surface area contributed by atoms with Crippen LogP contribution >= 0.6 is 0 Å². The van der Waals surface area contributed by atoms with Gasteiger partial charge in [-0.05, 0) is 30.4 Å². The Morgan fingerprint density at radius 2 is 2.22 bits per heavy atom. The third-order valence-corrected chi connectivity index (χ3v) is 4.05. The first-order valence-corrected chi connectivity index (χ1v) is 7.52. The molecule has 23 heavy (non-hydrogen) atoms. The second-order valence-corrected chi connectivity index (χ2v) is 5.67. The Hall–Kier alpha value is -2.09. The van der Waals surface area contributed by atoms with Crippen LogP contribution in [0.3, 0.4) is 0 Å². The molecule has 2 aliphatic rings. The molecular weight excluding hydrogens is 306 g/mol. The van der Waals surface area contributed by atoms with Gasteiger partial charge in [0.05, 0.1) is 0 Å². The molecule has 122 valence electrons. The van der Waals surface area contributed by atoms with Crippen LogP contribution in [0.5, 0.6) is 5.75 Å². The summed E-state index contributed by atoms with van der Waals surface area (Å²) in [6.45, 7) is 1.22. The molecule has 1 aromatic carbocycles. The number of carbonyl (C=O) groups is 2. The maximum Gasteiger partial charge on any atom is 0.526 e. The van der Waals surface area contributed by atoms with Gasteiger partial charge in [-0.25, -0.2) is 9.18 Å². The van der Waals surface area contributed by atoms with Crippen molar-refractivity contribution < 1.29 is 33.1 Å². The minimum Gasteiger partial charge on any atom is -0.535 e. The molecule has 1 aromatic rings. The Morgan fingerprint density at radius 1 is 1.43 bits per heavy atom. The Morgan fingerprint density at radius 3 is 2.96 bits per heavy atom. The van der Waals surface area contributed by atoms with Crippen LogP contribution < -0.4 is 4.65 Å². The predicted molar refractivity (Wildman–Crippen MR) is 77.4 cm³/mol. The van der Waals surface area contributed by atoms with E-state index < -0.39 is 31.7 Å². The Labute approximate surface area is 132 Å². The summed E-state index contributed by atoms with van der Waals surface area (Å²) in [6.07, 6.45) is 1.57. The van der Waals surface area contributed by atoms with E-state index >= 15 is 0 Å². The first kappa shape index (κ1) is 15.8. The van der Waals surface area contributed by atoms with E-state index in [1.807, 2.05) is 6.92 Å². The number of benzene rings is 1. The van der Waals surface area contributed by atoms with Crippen molar-refractivity contribution in [3.05, 3.63) is 29.1 Å². The number of rotatable bonds is 5. The second-order valence-electron chi connectivity index (χ2n) is 5.67. The van der Waals surface area contributed by atoms with Gasteiger partial charge in [-0.2, -0.15) is 0 Å². The van der Waals surface area contributed by atoms with E-state index in [0.29, 0.717) is 12.0 Å². The molecule has 6 nitrogen and oxygen atoms in total. The minimum absolute atomic E-state index is 0.00756. The highest BCUT2D eigenvalue weighted by Gasteiger charge is 2.54. The van der Waals surface area contributed by atoms with E-state index in [4.69, 9.17) is 14.1 Å². The van der Waals surface area contributed by atoms with E-state index in [-0.39, 0.29) is 29.5 Å². The minimum atomic E-state index is -1.05. The number of ether oxygens (including phenoxy) is 2. The highest BCUT2D eigenvalue weighted by molar-refractivity contribution is 6.48. The third-order valence-electron chi connectivity index (χ3n) is 4.05. The van der Waals surface area contributed by atoms with Crippen molar-refractivity contribution >= 4 is 19.1 Å². The van der Waals surface area contributed by atoms with E-state index in [9.17, 15) is 19.0 Å². The summed E-state index contributed by atoms with van der Waals surface area (Å²) in [5, 5.41) is 9.81. The van der Waals surface area contributed by atoms with E-state index in [1.165, 1.54) is 6.07 Å². The standard InChI is InChI=1S/C15H16BFO6/c1-2-3-12(18)21-7-22-15(19)13-11(17)5-4-8-9-6-10(9)16(20)23-14(8)13/h4-5,9-10,20H,2-3,6-7H2,1H3. The molecule has 1 fully saturated rings. The lowest BCUT2D eigenvalue weighted by atomic mass is 9.77. The fraction of sp³-hybridized carbons (Fsp3) is 0.467. The van der Waals surface area contributed by atoms with Crippen molar-refractivity contribution in [2.75, 3.05) is 6.79 Å². The Bertz CT molecular complexity index is 649. The van der Waals surface area contributed by atoms with Gasteiger partial charge in [0.2, 0.25) is 6.79 Å². The van der Waals surface area contributed by atoms with Crippen LogP contribution in [0.1, 0.15) is 48.0 Å². The highest BCUT2D eigenvalue weighted by atomic mass is 19.1. The first-order valence-electron chi connectivity index (χ1n) is 7.52. The number of hydrogen-bond acceptors (Lipinski definition) is 6. The SMILES string of the molecule is CCCC(=O)OCOC(=O)c1c(F)ccc2c1OB(O)C1CC21. The summed E-state index contributed by atoms with van der Waals surface area (Å²) in [7, 11) is -1.05. The molecule has 0 saturated heterocycles. The first-order chi connectivity index (χ1) is 11.0. The molecule has 1 saturated carbocycles. The van der Waals surface area contributed by atoms with Gasteiger partial charge in [0, 0.05) is 12.2 Å². The van der Waals surface area contributed by atoms with Gasteiger partial charge in [0.1, 0.15) is 17.1 Å². The largest absolute Gasteiger partial charge is 0.535 e. The number of fused-ring (bicyclic) bond motifs is 3. The fourth-order valence-corrected chi connectivity index (χ4v) is 2.78. The van der Waals surface area contributed by atoms with Gasteiger partial charge >= 0.3 is 19.1 Å². The van der Waals surface area contributed by atoms with Gasteiger partial charge < -0.3 is 19.2 Å². The van der Waals surface area contributed by atoms with Gasteiger partial charge in [0.25, 0.3) is 0 Å². The molecule has 1 heterocycles. The normalized spacial score (nSPS) is 20.9. The van der Waals surface area contributed by atoms with Crippen molar-refractivity contribution in [1.82, 2.24) is 0 Å². The van der Waals surface area contributed by atoms with Crippen molar-refractivity contribution in [2.45, 2.75) is 37.9 Å². The van der Waals surface area contributed by atoms with Gasteiger partial charge in [0.15, 0.2) is 0 Å². The highest BCUT2D eigenvalue weighted by Crippen LogP contribution is 2.60. The molecule has 1 aliphatic carbocycles. The Balaban J connectivity index is 1.73. The maximum absolute atomic E-state index is 14.0. The topological polar surface area (TPSA) is 82.1 Å². The van der Waals surface area contributed by atoms with Crippen LogP contribution in [0.2, 0.25) is 5.82 Å². The summed E-state index contributed by atoms with van der Waals surface area (Å²) in [6, 6.07) is 2.73. The van der Waals surface area contributed by atoms with Crippen LogP contribution in [-0.2, 0) is 14.3 Å². The zero-order valence-corrected chi connectivity index (χ0v) is 12.6. The quantitative estimate of drug-likeness (QED) is 0.507. The van der Waals surface area contributed by atoms with Crippen LogP contribution in [0, 0.1) is 5.82 Å². The summed E-state index contributed by atoms with van der Waals surface area (Å²) in [5.41, 5.74) is 0.315. The van der Waals surface area contributed by atoms with Crippen LogP contribution in [-0.4, -0.2) is 30.9 Å². The van der Waals surface area contributed by atoms with Crippen molar-refractivity contribution in [1.29, 1.82) is 0 Å². The fourth-order valence-electron chi connectivity index (χ4n) is 2.78. The molecule has 1 N–H and O–H groups in total. The van der Waals surface area contributed by atoms with Gasteiger partial charge in [-0.15, -0.1) is 0 Å².